The van der Waals surface area contributed by atoms with E-state index >= 15 is 0 Å². The van der Waals surface area contributed by atoms with Crippen LogP contribution in [0.15, 0.2) is 30.5 Å². The van der Waals surface area contributed by atoms with E-state index in [-0.39, 0.29) is 18.5 Å². The van der Waals surface area contributed by atoms with Gasteiger partial charge in [0.15, 0.2) is 0 Å². The maximum atomic E-state index is 12.4. The number of rotatable bonds is 5. The molecule has 1 aliphatic carbocycles. The van der Waals surface area contributed by atoms with Crippen LogP contribution in [0.3, 0.4) is 0 Å². The van der Waals surface area contributed by atoms with Gasteiger partial charge in [-0.05, 0) is 25.8 Å². The third-order valence-corrected chi connectivity index (χ3v) is 3.76. The first-order valence-electron chi connectivity index (χ1n) is 7.02. The lowest BCUT2D eigenvalue weighted by molar-refractivity contribution is -0.150. The third kappa shape index (κ3) is 2.74. The molecule has 0 saturated heterocycles. The Labute approximate surface area is 122 Å². The second-order valence-electron chi connectivity index (χ2n) is 5.43. The molecular weight excluding hydrogens is 270 g/mol. The summed E-state index contributed by atoms with van der Waals surface area (Å²) in [6, 6.07) is 6.89. The molecular formula is C15H17N3O3. The van der Waals surface area contributed by atoms with E-state index in [9.17, 15) is 9.59 Å². The highest BCUT2D eigenvalue weighted by atomic mass is 16.4. The van der Waals surface area contributed by atoms with Gasteiger partial charge in [-0.25, -0.2) is 4.79 Å². The average Bonchev–Trinajstić information content (AvgIpc) is 3.17. The zero-order valence-corrected chi connectivity index (χ0v) is 11.8. The van der Waals surface area contributed by atoms with Gasteiger partial charge in [0.1, 0.15) is 12.6 Å². The molecule has 1 aromatic carbocycles. The number of hydrogen-bond acceptors (Lipinski definition) is 3. The van der Waals surface area contributed by atoms with Crippen LogP contribution in [0.4, 0.5) is 0 Å². The van der Waals surface area contributed by atoms with Crippen LogP contribution in [-0.2, 0) is 16.1 Å². The molecule has 21 heavy (non-hydrogen) atoms. The highest BCUT2D eigenvalue weighted by Crippen LogP contribution is 2.29. The summed E-state index contributed by atoms with van der Waals surface area (Å²) < 4.78 is 1.58. The van der Waals surface area contributed by atoms with Gasteiger partial charge >= 0.3 is 5.97 Å². The smallest absolute Gasteiger partial charge is 0.326 e. The molecule has 6 heteroatoms. The molecule has 1 heterocycles. The Balaban J connectivity index is 1.78. The van der Waals surface area contributed by atoms with Crippen molar-refractivity contribution in [3.8, 4) is 0 Å². The fraction of sp³-hybridized carbons (Fsp3) is 0.400. The van der Waals surface area contributed by atoms with Crippen LogP contribution < -0.4 is 0 Å². The number of nitrogens with zero attached hydrogens (tertiary/aromatic N) is 3. The second kappa shape index (κ2) is 5.20. The number of carboxylic acids is 1. The first-order chi connectivity index (χ1) is 10.1. The van der Waals surface area contributed by atoms with Crippen LogP contribution in [0.1, 0.15) is 19.8 Å². The Kier molecular flexibility index (Phi) is 3.37. The summed E-state index contributed by atoms with van der Waals surface area (Å²) in [5.41, 5.74) is 0.828. The van der Waals surface area contributed by atoms with Crippen LogP contribution in [0.2, 0.25) is 0 Å². The molecule has 3 rings (SSSR count). The molecule has 1 aromatic heterocycles. The van der Waals surface area contributed by atoms with Crippen molar-refractivity contribution < 1.29 is 14.7 Å². The van der Waals surface area contributed by atoms with Crippen molar-refractivity contribution in [2.75, 3.05) is 0 Å². The number of aliphatic carboxylic acids is 1. The maximum Gasteiger partial charge on any atom is 0.326 e. The zero-order valence-electron chi connectivity index (χ0n) is 11.8. The van der Waals surface area contributed by atoms with Gasteiger partial charge in [0, 0.05) is 17.6 Å². The van der Waals surface area contributed by atoms with Crippen molar-refractivity contribution in [2.45, 2.75) is 38.4 Å². The topological polar surface area (TPSA) is 75.4 Å². The molecule has 1 N–H and O–H groups in total. The summed E-state index contributed by atoms with van der Waals surface area (Å²) in [4.78, 5) is 25.1. The minimum atomic E-state index is -0.971. The van der Waals surface area contributed by atoms with Crippen molar-refractivity contribution in [1.82, 2.24) is 14.7 Å². The zero-order chi connectivity index (χ0) is 15.0. The molecule has 110 valence electrons. The first-order valence-corrected chi connectivity index (χ1v) is 7.02. The fourth-order valence-corrected chi connectivity index (χ4v) is 2.52. The van der Waals surface area contributed by atoms with E-state index in [0.29, 0.717) is 0 Å². The molecule has 1 unspecified atom stereocenters. The van der Waals surface area contributed by atoms with E-state index in [0.717, 1.165) is 23.7 Å². The van der Waals surface area contributed by atoms with Crippen molar-refractivity contribution in [2.24, 2.45) is 0 Å². The highest BCUT2D eigenvalue weighted by Gasteiger charge is 2.38. The van der Waals surface area contributed by atoms with Gasteiger partial charge in [0.25, 0.3) is 0 Å². The van der Waals surface area contributed by atoms with Crippen LogP contribution in [0, 0.1) is 0 Å². The quantitative estimate of drug-likeness (QED) is 0.904. The van der Waals surface area contributed by atoms with Gasteiger partial charge in [0.2, 0.25) is 5.91 Å². The van der Waals surface area contributed by atoms with Gasteiger partial charge in [-0.1, -0.05) is 18.2 Å². The minimum absolute atomic E-state index is 0.0635. The molecule has 0 bridgehead atoms. The maximum absolute atomic E-state index is 12.4. The van der Waals surface area contributed by atoms with Crippen molar-refractivity contribution in [3.63, 3.8) is 0 Å². The van der Waals surface area contributed by atoms with Gasteiger partial charge in [-0.2, -0.15) is 5.10 Å². The molecule has 1 saturated carbocycles. The van der Waals surface area contributed by atoms with Crippen molar-refractivity contribution in [3.05, 3.63) is 30.5 Å². The van der Waals surface area contributed by atoms with E-state index in [1.165, 1.54) is 4.90 Å². The molecule has 1 amide bonds. The van der Waals surface area contributed by atoms with E-state index in [1.54, 1.807) is 11.6 Å². The van der Waals surface area contributed by atoms with Gasteiger partial charge in [-0.3, -0.25) is 9.48 Å². The number of aromatic nitrogens is 2. The molecule has 1 aliphatic rings. The number of benzene rings is 1. The van der Waals surface area contributed by atoms with E-state index in [1.807, 2.05) is 30.5 Å². The third-order valence-electron chi connectivity index (χ3n) is 3.76. The highest BCUT2D eigenvalue weighted by molar-refractivity contribution is 5.84. The molecule has 0 spiro atoms. The van der Waals surface area contributed by atoms with Crippen LogP contribution >= 0.6 is 0 Å². The second-order valence-corrected chi connectivity index (χ2v) is 5.43. The molecule has 2 aromatic rings. The Morgan fingerprint density at radius 3 is 2.76 bits per heavy atom. The van der Waals surface area contributed by atoms with E-state index in [4.69, 9.17) is 5.11 Å². The van der Waals surface area contributed by atoms with E-state index in [2.05, 4.69) is 5.10 Å². The van der Waals surface area contributed by atoms with E-state index < -0.39 is 12.0 Å². The lowest BCUT2D eigenvalue weighted by Gasteiger charge is -2.26. The van der Waals surface area contributed by atoms with Crippen molar-refractivity contribution >= 4 is 22.8 Å². The standard InChI is InChI=1S/C15H17N3O3/c1-10(15(20)21)18(12-6-7-12)14(19)9-17-8-11-4-2-3-5-13(11)16-17/h2-5,8,10,12H,6-7,9H2,1H3,(H,20,21). The summed E-state index contributed by atoms with van der Waals surface area (Å²) >= 11 is 0. The van der Waals surface area contributed by atoms with Crippen molar-refractivity contribution in [1.29, 1.82) is 0 Å². The molecule has 0 aliphatic heterocycles. The lowest BCUT2D eigenvalue weighted by atomic mass is 10.2. The summed E-state index contributed by atoms with van der Waals surface area (Å²) in [6.45, 7) is 1.63. The first kappa shape index (κ1) is 13.6. The summed E-state index contributed by atoms with van der Waals surface area (Å²) in [7, 11) is 0. The SMILES string of the molecule is CC(C(=O)O)N(C(=O)Cn1cc2ccccc2n1)C1CC1. The largest absolute Gasteiger partial charge is 0.480 e. The summed E-state index contributed by atoms with van der Waals surface area (Å²) in [5.74, 6) is -1.17. The lowest BCUT2D eigenvalue weighted by Crippen LogP contribution is -2.46. The number of amides is 1. The molecule has 1 atom stereocenters. The van der Waals surface area contributed by atoms with Crippen LogP contribution in [0.5, 0.6) is 0 Å². The number of fused-ring (bicyclic) bond motifs is 1. The minimum Gasteiger partial charge on any atom is -0.480 e. The van der Waals surface area contributed by atoms with Crippen LogP contribution in [-0.4, -0.2) is 43.7 Å². The summed E-state index contributed by atoms with van der Waals surface area (Å²) in [5, 5.41) is 14.5. The van der Waals surface area contributed by atoms with Gasteiger partial charge < -0.3 is 10.0 Å². The molecule has 0 radical (unpaired) electrons. The number of hydrogen-bond donors (Lipinski definition) is 1. The summed E-state index contributed by atoms with van der Waals surface area (Å²) in [6.07, 6.45) is 3.57. The predicted molar refractivity (Wildman–Crippen MR) is 76.7 cm³/mol. The number of carboxylic acid groups (broad SMARTS) is 1. The predicted octanol–water partition coefficient (Wildman–Crippen LogP) is 1.50. The Morgan fingerprint density at radius 2 is 2.14 bits per heavy atom. The monoisotopic (exact) mass is 287 g/mol. The molecule has 1 fully saturated rings. The van der Waals surface area contributed by atoms with Gasteiger partial charge in [0.05, 0.1) is 5.52 Å². The average molecular weight is 287 g/mol. The normalized spacial score (nSPS) is 15.9. The Bertz CT molecular complexity index is 657. The number of carbonyl (C=O) groups excluding carboxylic acids is 1. The Hall–Kier alpha value is -2.37. The molecule has 6 nitrogen and oxygen atoms in total. The number of carbonyl (C=O) groups is 2. The van der Waals surface area contributed by atoms with Crippen LogP contribution in [0.25, 0.3) is 10.9 Å². The fourth-order valence-electron chi connectivity index (χ4n) is 2.52. The van der Waals surface area contributed by atoms with Gasteiger partial charge in [-0.15, -0.1) is 0 Å². The Morgan fingerprint density at radius 1 is 1.43 bits per heavy atom.